The van der Waals surface area contributed by atoms with E-state index in [0.29, 0.717) is 11.6 Å². The lowest BCUT2D eigenvalue weighted by Crippen LogP contribution is -2.30. The average molecular weight is 337 g/mol. The molecular weight excluding hydrogens is 316 g/mol. The minimum atomic E-state index is -0.395. The molecule has 0 spiro atoms. The smallest absolute Gasteiger partial charge is 0.311 e. The maximum Gasteiger partial charge on any atom is 0.311 e. The van der Waals surface area contributed by atoms with Gasteiger partial charge in [0.2, 0.25) is 5.91 Å². The van der Waals surface area contributed by atoms with E-state index in [1.54, 1.807) is 4.90 Å². The normalized spacial score (nSPS) is 21.7. The summed E-state index contributed by atoms with van der Waals surface area (Å²) in [5.74, 6) is -0.799. The number of carbonyl (C=O) groups excluding carboxylic acids is 2. The first kappa shape index (κ1) is 16.1. The van der Waals surface area contributed by atoms with E-state index in [1.165, 1.54) is 26.4 Å². The van der Waals surface area contributed by atoms with Crippen molar-refractivity contribution in [2.45, 2.75) is 25.7 Å². The summed E-state index contributed by atoms with van der Waals surface area (Å²) >= 11 is 6.44. The number of esters is 1. The Morgan fingerprint density at radius 1 is 1.26 bits per heavy atom. The summed E-state index contributed by atoms with van der Waals surface area (Å²) in [7, 11) is 1.35. The monoisotopic (exact) mass is 336 g/mol. The van der Waals surface area contributed by atoms with Crippen LogP contribution in [0.15, 0.2) is 18.2 Å². The summed E-state index contributed by atoms with van der Waals surface area (Å²) in [6.45, 7) is 2.39. The number of anilines is 2. The lowest BCUT2D eigenvalue weighted by atomic mass is 10.1. The molecule has 1 aromatic carbocycles. The van der Waals surface area contributed by atoms with E-state index in [-0.39, 0.29) is 18.3 Å². The summed E-state index contributed by atoms with van der Waals surface area (Å²) in [4.78, 5) is 27.7. The molecule has 0 saturated carbocycles. The Morgan fingerprint density at radius 2 is 2.00 bits per heavy atom. The number of ether oxygens (including phenoxy) is 1. The number of methoxy groups -OCH3 is 1. The highest BCUT2D eigenvalue weighted by Crippen LogP contribution is 2.34. The highest BCUT2D eigenvalue weighted by molar-refractivity contribution is 6.33. The molecule has 0 N–H and O–H groups in total. The molecule has 2 heterocycles. The summed E-state index contributed by atoms with van der Waals surface area (Å²) in [5.41, 5.74) is 1.76. The zero-order chi connectivity index (χ0) is 16.4. The zero-order valence-corrected chi connectivity index (χ0v) is 14.0. The third kappa shape index (κ3) is 3.29. The van der Waals surface area contributed by atoms with Crippen LogP contribution in [0.3, 0.4) is 0 Å². The fourth-order valence-electron chi connectivity index (χ4n) is 3.34. The topological polar surface area (TPSA) is 49.9 Å². The Morgan fingerprint density at radius 3 is 2.65 bits per heavy atom. The molecule has 2 saturated heterocycles. The van der Waals surface area contributed by atoms with Crippen LogP contribution in [-0.4, -0.2) is 38.6 Å². The van der Waals surface area contributed by atoms with E-state index >= 15 is 0 Å². The van der Waals surface area contributed by atoms with Crippen LogP contribution < -0.4 is 9.80 Å². The van der Waals surface area contributed by atoms with Crippen molar-refractivity contribution in [3.63, 3.8) is 0 Å². The quantitative estimate of drug-likeness (QED) is 0.796. The lowest BCUT2D eigenvalue weighted by Gasteiger charge is -2.30. The number of hydrogen-bond acceptors (Lipinski definition) is 4. The van der Waals surface area contributed by atoms with Crippen molar-refractivity contribution in [1.29, 1.82) is 0 Å². The van der Waals surface area contributed by atoms with E-state index in [1.807, 2.05) is 18.2 Å². The van der Waals surface area contributed by atoms with Crippen molar-refractivity contribution < 1.29 is 14.3 Å². The molecule has 3 rings (SSSR count). The third-order valence-corrected chi connectivity index (χ3v) is 4.90. The summed E-state index contributed by atoms with van der Waals surface area (Å²) in [6, 6.07) is 5.71. The number of amides is 1. The van der Waals surface area contributed by atoms with Gasteiger partial charge in [0.1, 0.15) is 0 Å². The average Bonchev–Trinajstić information content (AvgIpc) is 2.96. The molecule has 0 aliphatic carbocycles. The van der Waals surface area contributed by atoms with E-state index in [9.17, 15) is 9.59 Å². The largest absolute Gasteiger partial charge is 0.469 e. The lowest BCUT2D eigenvalue weighted by molar-refractivity contribution is -0.145. The van der Waals surface area contributed by atoms with Crippen LogP contribution in [0.25, 0.3) is 0 Å². The van der Waals surface area contributed by atoms with Crippen molar-refractivity contribution in [3.8, 4) is 0 Å². The number of hydrogen-bond donors (Lipinski definition) is 0. The minimum absolute atomic E-state index is 0.0674. The molecule has 0 radical (unpaired) electrons. The van der Waals surface area contributed by atoms with Gasteiger partial charge in [-0.05, 0) is 37.5 Å². The van der Waals surface area contributed by atoms with Crippen LogP contribution in [0.4, 0.5) is 11.4 Å². The summed E-state index contributed by atoms with van der Waals surface area (Å²) in [5, 5.41) is 0.652. The minimum Gasteiger partial charge on any atom is -0.469 e. The van der Waals surface area contributed by atoms with Crippen molar-refractivity contribution in [2.75, 3.05) is 36.5 Å². The number of carbonyl (C=O) groups is 2. The van der Waals surface area contributed by atoms with Crippen LogP contribution in [0.5, 0.6) is 0 Å². The molecular formula is C17H21ClN2O3. The van der Waals surface area contributed by atoms with E-state index < -0.39 is 5.92 Å². The molecule has 5 nitrogen and oxygen atoms in total. The second-order valence-corrected chi connectivity index (χ2v) is 6.52. The molecule has 6 heteroatoms. The molecule has 0 aromatic heterocycles. The molecule has 1 atom stereocenters. The van der Waals surface area contributed by atoms with Crippen LogP contribution in [0.2, 0.25) is 5.02 Å². The Balaban J connectivity index is 1.77. The Hall–Kier alpha value is -1.75. The highest BCUT2D eigenvalue weighted by atomic mass is 35.5. The van der Waals surface area contributed by atoms with Gasteiger partial charge in [0.25, 0.3) is 0 Å². The van der Waals surface area contributed by atoms with Gasteiger partial charge in [0.05, 0.1) is 23.7 Å². The first-order valence-electron chi connectivity index (χ1n) is 8.03. The SMILES string of the molecule is COC(=O)[C@@H]1CC(=O)N(c2ccc(N3CCCCC3)c(Cl)c2)C1. The first-order valence-corrected chi connectivity index (χ1v) is 8.40. The van der Waals surface area contributed by atoms with Gasteiger partial charge < -0.3 is 14.5 Å². The molecule has 2 aliphatic heterocycles. The standard InChI is InChI=1S/C17H21ClN2O3/c1-23-17(22)12-9-16(21)20(11-12)13-5-6-15(14(18)10-13)19-7-3-2-4-8-19/h5-6,10,12H,2-4,7-9,11H2,1H3/t12-/m1/s1. The first-order chi connectivity index (χ1) is 11.1. The predicted octanol–water partition coefficient (Wildman–Crippen LogP) is 2.86. The van der Waals surface area contributed by atoms with Crippen molar-refractivity contribution >= 4 is 34.9 Å². The van der Waals surface area contributed by atoms with Crippen LogP contribution in [0.1, 0.15) is 25.7 Å². The van der Waals surface area contributed by atoms with Gasteiger partial charge in [-0.25, -0.2) is 0 Å². The Kier molecular flexibility index (Phi) is 4.76. The zero-order valence-electron chi connectivity index (χ0n) is 13.3. The number of benzene rings is 1. The number of piperidine rings is 1. The fraction of sp³-hybridized carbons (Fsp3) is 0.529. The number of halogens is 1. The van der Waals surface area contributed by atoms with Crippen LogP contribution >= 0.6 is 11.6 Å². The van der Waals surface area contributed by atoms with Gasteiger partial charge in [-0.2, -0.15) is 0 Å². The van der Waals surface area contributed by atoms with E-state index in [2.05, 4.69) is 4.90 Å². The van der Waals surface area contributed by atoms with Crippen molar-refractivity contribution in [3.05, 3.63) is 23.2 Å². The molecule has 2 aliphatic rings. The van der Waals surface area contributed by atoms with E-state index in [4.69, 9.17) is 16.3 Å². The maximum atomic E-state index is 12.2. The molecule has 0 bridgehead atoms. The Labute approximate surface area is 141 Å². The van der Waals surface area contributed by atoms with Gasteiger partial charge in [-0.15, -0.1) is 0 Å². The van der Waals surface area contributed by atoms with Crippen LogP contribution in [0, 0.1) is 5.92 Å². The molecule has 0 unspecified atom stereocenters. The highest BCUT2D eigenvalue weighted by Gasteiger charge is 2.36. The van der Waals surface area contributed by atoms with Gasteiger partial charge in [-0.3, -0.25) is 9.59 Å². The number of rotatable bonds is 3. The van der Waals surface area contributed by atoms with Gasteiger partial charge in [0.15, 0.2) is 0 Å². The fourth-order valence-corrected chi connectivity index (χ4v) is 3.63. The summed E-state index contributed by atoms with van der Waals surface area (Å²) < 4.78 is 4.74. The number of nitrogens with zero attached hydrogens (tertiary/aromatic N) is 2. The molecule has 2 fully saturated rings. The molecule has 124 valence electrons. The van der Waals surface area contributed by atoms with Gasteiger partial charge in [-0.1, -0.05) is 11.6 Å². The molecule has 1 aromatic rings. The van der Waals surface area contributed by atoms with Gasteiger partial charge >= 0.3 is 5.97 Å². The van der Waals surface area contributed by atoms with Crippen molar-refractivity contribution in [1.82, 2.24) is 0 Å². The summed E-state index contributed by atoms with van der Waals surface area (Å²) in [6.07, 6.45) is 3.83. The Bertz CT molecular complexity index is 614. The maximum absolute atomic E-state index is 12.2. The predicted molar refractivity (Wildman–Crippen MR) is 90.0 cm³/mol. The third-order valence-electron chi connectivity index (χ3n) is 4.60. The molecule has 23 heavy (non-hydrogen) atoms. The van der Waals surface area contributed by atoms with Crippen LogP contribution in [-0.2, 0) is 14.3 Å². The molecule has 1 amide bonds. The second-order valence-electron chi connectivity index (χ2n) is 6.11. The van der Waals surface area contributed by atoms with Crippen molar-refractivity contribution in [2.24, 2.45) is 5.92 Å². The van der Waals surface area contributed by atoms with E-state index in [0.717, 1.165) is 24.5 Å². The second kappa shape index (κ2) is 6.79. The van der Waals surface area contributed by atoms with Gasteiger partial charge in [0, 0.05) is 31.7 Å².